The number of aromatic hydroxyl groups is 9. The van der Waals surface area contributed by atoms with Gasteiger partial charge in [-0.05, 0) is 94.9 Å². The van der Waals surface area contributed by atoms with Gasteiger partial charge < -0.3 is 50.5 Å². The lowest BCUT2D eigenvalue weighted by atomic mass is 9.79. The number of ketones is 2. The van der Waals surface area contributed by atoms with Gasteiger partial charge in [0, 0.05) is 28.8 Å². The van der Waals surface area contributed by atoms with Crippen LogP contribution in [0.15, 0.2) is 84.9 Å². The van der Waals surface area contributed by atoms with Gasteiger partial charge in [0.05, 0.1) is 21.8 Å². The molecule has 0 saturated heterocycles. The summed E-state index contributed by atoms with van der Waals surface area (Å²) in [6, 6.07) is 18.7. The van der Waals surface area contributed by atoms with Crippen molar-refractivity contribution in [3.8, 4) is 74.0 Å². The van der Waals surface area contributed by atoms with E-state index in [0.29, 0.717) is 0 Å². The number of aryl methyl sites for hydroxylation is 1. The van der Waals surface area contributed by atoms with Crippen LogP contribution in [0.4, 0.5) is 0 Å². The van der Waals surface area contributed by atoms with Gasteiger partial charge in [-0.15, -0.1) is 0 Å². The summed E-state index contributed by atoms with van der Waals surface area (Å²) in [6.07, 6.45) is 0.278. The number of aromatic nitrogens is 1. The van der Waals surface area contributed by atoms with Gasteiger partial charge in [0.15, 0.2) is 57.6 Å². The highest BCUT2D eigenvalue weighted by Crippen LogP contribution is 2.46. The van der Waals surface area contributed by atoms with E-state index >= 15 is 0 Å². The lowest BCUT2D eigenvalue weighted by Gasteiger charge is -2.21. The second-order valence-electron chi connectivity index (χ2n) is 12.6. The van der Waals surface area contributed by atoms with Crippen LogP contribution >= 0.6 is 0 Å². The second kappa shape index (κ2) is 11.4. The van der Waals surface area contributed by atoms with Crippen molar-refractivity contribution in [2.45, 2.75) is 13.0 Å². The van der Waals surface area contributed by atoms with Crippen LogP contribution in [0.25, 0.3) is 33.4 Å². The average Bonchev–Trinajstić information content (AvgIpc) is 3.43. The van der Waals surface area contributed by atoms with Gasteiger partial charge in [-0.3, -0.25) is 9.59 Å². The van der Waals surface area contributed by atoms with Crippen molar-refractivity contribution in [2.75, 3.05) is 0 Å². The SMILES string of the molecule is O=C1C(c2ccc(O)c(O)c2)=c2c(c3c(n2CCc2ccc(O)cc2)=C(c2ccc(O)c(O)c2)C(=O)c2cc(O)c(O)cc2-3)-c2cc(O)c(O)cc21. The Balaban J connectivity index is 1.64. The Kier molecular flexibility index (Phi) is 6.96. The van der Waals surface area contributed by atoms with E-state index in [4.69, 9.17) is 0 Å². The summed E-state index contributed by atoms with van der Waals surface area (Å²) in [6.45, 7) is 0.0724. The zero-order chi connectivity index (χ0) is 36.7. The lowest BCUT2D eigenvalue weighted by molar-refractivity contribution is 0.104. The van der Waals surface area contributed by atoms with Crippen LogP contribution in [0.5, 0.6) is 51.7 Å². The molecule has 0 amide bonds. The smallest absolute Gasteiger partial charge is 0.196 e. The Labute approximate surface area is 292 Å². The molecule has 0 spiro atoms. The summed E-state index contributed by atoms with van der Waals surface area (Å²) < 4.78 is 1.70. The molecule has 12 heteroatoms. The average molecular weight is 698 g/mol. The number of rotatable bonds is 5. The first-order valence-corrected chi connectivity index (χ1v) is 15.9. The summed E-state index contributed by atoms with van der Waals surface area (Å²) in [4.78, 5) is 29.3. The van der Waals surface area contributed by atoms with Crippen LogP contribution in [0, 0.1) is 0 Å². The maximum absolute atomic E-state index is 14.6. The fourth-order valence-electron chi connectivity index (χ4n) is 7.11. The van der Waals surface area contributed by atoms with E-state index in [2.05, 4.69) is 0 Å². The zero-order valence-corrected chi connectivity index (χ0v) is 26.8. The van der Waals surface area contributed by atoms with Gasteiger partial charge in [0.1, 0.15) is 5.75 Å². The van der Waals surface area contributed by atoms with Gasteiger partial charge in [-0.2, -0.15) is 0 Å². The molecular weight excluding hydrogens is 670 g/mol. The van der Waals surface area contributed by atoms with Crippen molar-refractivity contribution in [1.29, 1.82) is 0 Å². The van der Waals surface area contributed by atoms with Crippen LogP contribution in [-0.2, 0) is 13.0 Å². The van der Waals surface area contributed by atoms with Gasteiger partial charge in [0.2, 0.25) is 0 Å². The molecule has 0 fully saturated rings. The summed E-state index contributed by atoms with van der Waals surface area (Å²) >= 11 is 0. The molecule has 2 aliphatic rings. The monoisotopic (exact) mass is 697 g/mol. The van der Waals surface area contributed by atoms with E-state index in [1.54, 1.807) is 16.7 Å². The number of hydrogen-bond acceptors (Lipinski definition) is 11. The molecule has 9 N–H and O–H groups in total. The quantitative estimate of drug-likeness (QED) is 0.116. The largest absolute Gasteiger partial charge is 0.508 e. The Morgan fingerprint density at radius 3 is 1.21 bits per heavy atom. The highest BCUT2D eigenvalue weighted by Gasteiger charge is 2.38. The molecule has 1 aromatic heterocycles. The van der Waals surface area contributed by atoms with Crippen LogP contribution in [0.2, 0.25) is 0 Å². The van der Waals surface area contributed by atoms with E-state index in [9.17, 15) is 55.5 Å². The molecule has 0 bridgehead atoms. The van der Waals surface area contributed by atoms with Crippen LogP contribution in [-0.4, -0.2) is 62.1 Å². The number of fused-ring (bicyclic) bond motifs is 7. The zero-order valence-electron chi connectivity index (χ0n) is 26.8. The van der Waals surface area contributed by atoms with Crippen molar-refractivity contribution in [1.82, 2.24) is 4.57 Å². The third kappa shape index (κ3) is 4.69. The van der Waals surface area contributed by atoms with E-state index in [1.807, 2.05) is 0 Å². The molecule has 2 aliphatic carbocycles. The number of phenols is 9. The second-order valence-corrected chi connectivity index (χ2v) is 12.6. The first kappa shape index (κ1) is 31.9. The van der Waals surface area contributed by atoms with E-state index in [1.165, 1.54) is 60.7 Å². The number of hydrogen-bond donors (Lipinski definition) is 9. The Bertz CT molecular complexity index is 2550. The molecular formula is C40H27NO11. The molecule has 6 aromatic rings. The van der Waals surface area contributed by atoms with Crippen molar-refractivity contribution in [2.24, 2.45) is 0 Å². The number of carbonyl (C=O) groups is 2. The number of carbonyl (C=O) groups excluding carboxylic acids is 2. The molecule has 1 heterocycles. The van der Waals surface area contributed by atoms with Crippen molar-refractivity contribution >= 4 is 22.7 Å². The molecule has 52 heavy (non-hydrogen) atoms. The van der Waals surface area contributed by atoms with Crippen LogP contribution < -0.4 is 10.7 Å². The predicted molar refractivity (Wildman–Crippen MR) is 186 cm³/mol. The highest BCUT2D eigenvalue weighted by atomic mass is 16.3. The minimum atomic E-state index is -0.632. The minimum Gasteiger partial charge on any atom is -0.508 e. The topological polar surface area (TPSA) is 221 Å². The molecule has 0 radical (unpaired) electrons. The Hall–Kier alpha value is -7.34. The molecule has 0 unspecified atom stereocenters. The molecule has 5 aromatic carbocycles. The number of phenolic OH excluding ortho intramolecular Hbond substituents is 9. The maximum Gasteiger partial charge on any atom is 0.196 e. The first-order chi connectivity index (χ1) is 24.8. The highest BCUT2D eigenvalue weighted by molar-refractivity contribution is 6.36. The third-order valence-corrected chi connectivity index (χ3v) is 9.54. The third-order valence-electron chi connectivity index (χ3n) is 9.54. The fraction of sp³-hybridized carbons (Fsp3) is 0.0500. The van der Waals surface area contributed by atoms with Gasteiger partial charge in [-0.1, -0.05) is 24.3 Å². The summed E-state index contributed by atoms with van der Waals surface area (Å²) in [5.74, 6) is -5.46. The lowest BCUT2D eigenvalue weighted by Crippen LogP contribution is -2.36. The summed E-state index contributed by atoms with van der Waals surface area (Å²) in [5, 5.41) is 94.6. The Morgan fingerprint density at radius 1 is 0.423 bits per heavy atom. The van der Waals surface area contributed by atoms with Crippen LogP contribution in [0.3, 0.4) is 0 Å². The van der Waals surface area contributed by atoms with Crippen molar-refractivity contribution < 1.29 is 55.5 Å². The first-order valence-electron chi connectivity index (χ1n) is 15.9. The molecule has 0 saturated carbocycles. The minimum absolute atomic E-state index is 0.00658. The maximum atomic E-state index is 14.6. The molecule has 8 rings (SSSR count). The number of nitrogens with zero attached hydrogens (tertiary/aromatic N) is 1. The van der Waals surface area contributed by atoms with E-state index in [-0.39, 0.29) is 85.1 Å². The summed E-state index contributed by atoms with van der Waals surface area (Å²) in [7, 11) is 0. The number of benzene rings is 5. The molecule has 258 valence electrons. The summed E-state index contributed by atoms with van der Waals surface area (Å²) in [5.41, 5.74) is 1.85. The van der Waals surface area contributed by atoms with Gasteiger partial charge >= 0.3 is 0 Å². The standard InChI is InChI=1S/C40H27NO11/c42-20-5-1-17(2-6-20)9-10-41-37-33(18-3-7-25(43)27(45)11-18)39(51)23-15-31(49)29(47)13-21(23)35(37)36-22-14-30(48)32(50)16-24(22)40(52)34(38(36)41)19-4-8-26(44)28(46)12-19/h1-8,11-16,42-50H,9-10H2. The van der Waals surface area contributed by atoms with E-state index in [0.717, 1.165) is 17.7 Å². The Morgan fingerprint density at radius 2 is 0.808 bits per heavy atom. The molecule has 12 nitrogen and oxygen atoms in total. The van der Waals surface area contributed by atoms with Crippen LogP contribution in [0.1, 0.15) is 37.4 Å². The number of Topliss-reactive ketones (excluding diaryl/α,β-unsaturated/α-hetero) is 2. The predicted octanol–water partition coefficient (Wildman–Crippen LogP) is 4.21. The van der Waals surface area contributed by atoms with Gasteiger partial charge in [0.25, 0.3) is 0 Å². The van der Waals surface area contributed by atoms with Crippen molar-refractivity contribution in [3.63, 3.8) is 0 Å². The molecule has 0 atom stereocenters. The normalized spacial score (nSPS) is 13.1. The van der Waals surface area contributed by atoms with Crippen molar-refractivity contribution in [3.05, 3.63) is 123 Å². The fourth-order valence-corrected chi connectivity index (χ4v) is 7.11. The van der Waals surface area contributed by atoms with E-state index < -0.39 is 57.6 Å². The molecule has 0 aliphatic heterocycles. The van der Waals surface area contributed by atoms with Gasteiger partial charge in [-0.25, -0.2) is 0 Å².